The minimum Gasteiger partial charge on any atom is -0.480 e. The minimum absolute atomic E-state index is 0.224. The molecule has 0 unspecified atom stereocenters. The number of nitrogens with one attached hydrogen (secondary N) is 1. The summed E-state index contributed by atoms with van der Waals surface area (Å²) in [6.07, 6.45) is 2.95. The lowest BCUT2D eigenvalue weighted by Crippen LogP contribution is -2.41. The van der Waals surface area contributed by atoms with Gasteiger partial charge >= 0.3 is 5.97 Å². The van der Waals surface area contributed by atoms with Crippen molar-refractivity contribution in [2.24, 2.45) is 0 Å². The number of nitro groups is 1. The molecular formula is C11H12ClN3O5S. The molecule has 1 aromatic heterocycles. The first-order chi connectivity index (χ1) is 9.86. The molecule has 0 aliphatic heterocycles. The molecule has 0 aromatic carbocycles. The number of nitrogens with zero attached hydrogens (tertiary/aromatic N) is 2. The normalized spacial score (nSPS) is 11.7. The Morgan fingerprint density at radius 1 is 1.62 bits per heavy atom. The van der Waals surface area contributed by atoms with Crippen molar-refractivity contribution < 1.29 is 19.6 Å². The molecule has 0 aliphatic carbocycles. The molecule has 8 nitrogen and oxygen atoms in total. The van der Waals surface area contributed by atoms with Gasteiger partial charge in [-0.15, -0.1) is 0 Å². The molecule has 1 aromatic rings. The number of carboxylic acid groups (broad SMARTS) is 1. The number of carboxylic acids is 1. The van der Waals surface area contributed by atoms with E-state index in [-0.39, 0.29) is 17.1 Å². The second-order valence-corrected chi connectivity index (χ2v) is 5.28. The van der Waals surface area contributed by atoms with Gasteiger partial charge in [0.15, 0.2) is 0 Å². The fourth-order valence-electron chi connectivity index (χ4n) is 1.43. The van der Waals surface area contributed by atoms with Gasteiger partial charge in [-0.05, 0) is 18.4 Å². The Hall–Kier alpha value is -1.87. The molecule has 0 aliphatic rings. The van der Waals surface area contributed by atoms with Crippen LogP contribution < -0.4 is 5.32 Å². The lowest BCUT2D eigenvalue weighted by molar-refractivity contribution is -0.385. The van der Waals surface area contributed by atoms with E-state index in [2.05, 4.69) is 10.3 Å². The third kappa shape index (κ3) is 4.87. The number of rotatable bonds is 7. The molecule has 0 fully saturated rings. The van der Waals surface area contributed by atoms with Crippen LogP contribution in [0.4, 0.5) is 5.69 Å². The summed E-state index contributed by atoms with van der Waals surface area (Å²) in [5.74, 6) is -1.46. The molecule has 0 saturated heterocycles. The molecule has 21 heavy (non-hydrogen) atoms. The molecule has 0 spiro atoms. The summed E-state index contributed by atoms with van der Waals surface area (Å²) in [6.45, 7) is 0. The van der Waals surface area contributed by atoms with E-state index in [1.165, 1.54) is 11.8 Å². The third-order valence-corrected chi connectivity index (χ3v) is 3.44. The summed E-state index contributed by atoms with van der Waals surface area (Å²) in [4.78, 5) is 36.5. The van der Waals surface area contributed by atoms with E-state index in [1.54, 1.807) is 0 Å². The number of halogens is 1. The molecule has 10 heteroatoms. The molecule has 2 N–H and O–H groups in total. The maximum Gasteiger partial charge on any atom is 0.326 e. The Balaban J connectivity index is 2.94. The monoisotopic (exact) mass is 333 g/mol. The molecule has 1 heterocycles. The van der Waals surface area contributed by atoms with Crippen molar-refractivity contribution in [3.63, 3.8) is 0 Å². The van der Waals surface area contributed by atoms with Crippen LogP contribution in [0, 0.1) is 10.1 Å². The highest BCUT2D eigenvalue weighted by Crippen LogP contribution is 2.19. The van der Waals surface area contributed by atoms with Gasteiger partial charge in [-0.25, -0.2) is 9.78 Å². The van der Waals surface area contributed by atoms with Gasteiger partial charge in [0.05, 0.1) is 10.5 Å². The van der Waals surface area contributed by atoms with E-state index in [4.69, 9.17) is 16.7 Å². The van der Waals surface area contributed by atoms with Gasteiger partial charge in [0.2, 0.25) is 0 Å². The zero-order valence-electron chi connectivity index (χ0n) is 10.9. The fourth-order valence-corrected chi connectivity index (χ4v) is 2.09. The highest BCUT2D eigenvalue weighted by atomic mass is 35.5. The molecule has 1 rings (SSSR count). The Labute approximate surface area is 129 Å². The number of hydrogen-bond donors (Lipinski definition) is 2. The average molecular weight is 334 g/mol. The Morgan fingerprint density at radius 3 is 2.81 bits per heavy atom. The second kappa shape index (κ2) is 7.79. The maximum absolute atomic E-state index is 12.0. The highest BCUT2D eigenvalue weighted by Gasteiger charge is 2.23. The van der Waals surface area contributed by atoms with Crippen LogP contribution in [0.1, 0.15) is 16.8 Å². The number of aliphatic carboxylic acids is 1. The first-order valence-electron chi connectivity index (χ1n) is 5.69. The maximum atomic E-state index is 12.0. The van der Waals surface area contributed by atoms with Gasteiger partial charge in [0, 0.05) is 6.07 Å². The first-order valence-corrected chi connectivity index (χ1v) is 7.46. The van der Waals surface area contributed by atoms with Crippen LogP contribution in [-0.2, 0) is 4.79 Å². The lowest BCUT2D eigenvalue weighted by Gasteiger charge is -2.14. The van der Waals surface area contributed by atoms with Crippen molar-refractivity contribution in [2.75, 3.05) is 12.0 Å². The summed E-state index contributed by atoms with van der Waals surface area (Å²) in [6, 6.07) is -0.140. The summed E-state index contributed by atoms with van der Waals surface area (Å²) in [7, 11) is 0. The van der Waals surface area contributed by atoms with Gasteiger partial charge in [-0.1, -0.05) is 11.6 Å². The van der Waals surface area contributed by atoms with Crippen LogP contribution in [0.25, 0.3) is 0 Å². The fraction of sp³-hybridized carbons (Fsp3) is 0.364. The van der Waals surface area contributed by atoms with Gasteiger partial charge < -0.3 is 10.4 Å². The van der Waals surface area contributed by atoms with Crippen molar-refractivity contribution >= 4 is 40.9 Å². The standard InChI is InChI=1S/C11H12ClN3O5S/c1-21-3-2-8(11(17)18)14-10(16)7-4-6(15(19)20)5-13-9(7)12/h4-5,8H,2-3H2,1H3,(H,14,16)(H,17,18)/t8-/m0/s1. The van der Waals surface area contributed by atoms with Crippen molar-refractivity contribution in [2.45, 2.75) is 12.5 Å². The lowest BCUT2D eigenvalue weighted by atomic mass is 10.2. The molecule has 0 saturated carbocycles. The van der Waals surface area contributed by atoms with E-state index in [1.807, 2.05) is 6.26 Å². The number of aromatic nitrogens is 1. The van der Waals surface area contributed by atoms with Crippen LogP contribution in [-0.4, -0.2) is 44.9 Å². The van der Waals surface area contributed by atoms with Crippen LogP contribution in [0.5, 0.6) is 0 Å². The van der Waals surface area contributed by atoms with E-state index in [0.717, 1.165) is 12.3 Å². The van der Waals surface area contributed by atoms with Crippen LogP contribution in [0.2, 0.25) is 5.15 Å². The second-order valence-electron chi connectivity index (χ2n) is 3.93. The predicted octanol–water partition coefficient (Wildman–Crippen LogP) is 1.58. The zero-order valence-corrected chi connectivity index (χ0v) is 12.5. The highest BCUT2D eigenvalue weighted by molar-refractivity contribution is 7.98. The largest absolute Gasteiger partial charge is 0.480 e. The van der Waals surface area contributed by atoms with Gasteiger partial charge in [0.1, 0.15) is 17.4 Å². The molecule has 0 radical (unpaired) electrons. The van der Waals surface area contributed by atoms with Gasteiger partial charge in [-0.3, -0.25) is 14.9 Å². The van der Waals surface area contributed by atoms with Crippen LogP contribution in [0.15, 0.2) is 12.3 Å². The van der Waals surface area contributed by atoms with Gasteiger partial charge in [0.25, 0.3) is 11.6 Å². The van der Waals surface area contributed by atoms with Crippen LogP contribution in [0.3, 0.4) is 0 Å². The predicted molar refractivity (Wildman–Crippen MR) is 77.8 cm³/mol. The number of amides is 1. The van der Waals surface area contributed by atoms with Gasteiger partial charge in [-0.2, -0.15) is 11.8 Å². The summed E-state index contributed by atoms with van der Waals surface area (Å²) >= 11 is 7.15. The molecule has 1 atom stereocenters. The molecule has 114 valence electrons. The number of hydrogen-bond acceptors (Lipinski definition) is 6. The zero-order chi connectivity index (χ0) is 16.0. The Kier molecular flexibility index (Phi) is 6.38. The third-order valence-electron chi connectivity index (χ3n) is 2.49. The van der Waals surface area contributed by atoms with Crippen molar-refractivity contribution in [1.82, 2.24) is 10.3 Å². The molecule has 0 bridgehead atoms. The number of thioether (sulfide) groups is 1. The average Bonchev–Trinajstić information content (AvgIpc) is 2.42. The SMILES string of the molecule is CSCC[C@H](NC(=O)c1cc([N+](=O)[O-])cnc1Cl)C(=O)O. The molecule has 1 amide bonds. The van der Waals surface area contributed by atoms with Crippen molar-refractivity contribution in [1.29, 1.82) is 0 Å². The number of pyridine rings is 1. The number of carbonyl (C=O) groups is 2. The smallest absolute Gasteiger partial charge is 0.326 e. The topological polar surface area (TPSA) is 122 Å². The first kappa shape index (κ1) is 17.2. The Bertz CT molecular complexity index is 569. The van der Waals surface area contributed by atoms with E-state index < -0.39 is 28.5 Å². The summed E-state index contributed by atoms with van der Waals surface area (Å²) < 4.78 is 0. The van der Waals surface area contributed by atoms with Crippen LogP contribution >= 0.6 is 23.4 Å². The molecular weight excluding hydrogens is 322 g/mol. The van der Waals surface area contributed by atoms with E-state index in [9.17, 15) is 19.7 Å². The van der Waals surface area contributed by atoms with Crippen molar-refractivity contribution in [3.8, 4) is 0 Å². The quantitative estimate of drug-likeness (QED) is 0.441. The minimum atomic E-state index is -1.19. The summed E-state index contributed by atoms with van der Waals surface area (Å²) in [5, 5.41) is 21.7. The van der Waals surface area contributed by atoms with Crippen molar-refractivity contribution in [3.05, 3.63) is 33.1 Å². The van der Waals surface area contributed by atoms with E-state index in [0.29, 0.717) is 5.75 Å². The summed E-state index contributed by atoms with van der Waals surface area (Å²) in [5.41, 5.74) is -0.637. The van der Waals surface area contributed by atoms with E-state index >= 15 is 0 Å². The Morgan fingerprint density at radius 2 is 2.29 bits per heavy atom. The number of carbonyl (C=O) groups excluding carboxylic acids is 1.